The highest BCUT2D eigenvalue weighted by atomic mass is 79.9. The van der Waals surface area contributed by atoms with Gasteiger partial charge in [-0.05, 0) is 31.0 Å². The summed E-state index contributed by atoms with van der Waals surface area (Å²) in [6.45, 7) is 2.23. The fourth-order valence-electron chi connectivity index (χ4n) is 1.86. The van der Waals surface area contributed by atoms with Gasteiger partial charge in [0.05, 0.1) is 4.90 Å². The Hall–Kier alpha value is -0.920. The number of amides is 1. The van der Waals surface area contributed by atoms with E-state index in [0.29, 0.717) is 19.4 Å². The largest absolute Gasteiger partial charge is 0.355 e. The molecular weight excluding hydrogens is 332 g/mol. The van der Waals surface area contributed by atoms with Gasteiger partial charge in [0.2, 0.25) is 15.9 Å². The zero-order chi connectivity index (χ0) is 14.0. The van der Waals surface area contributed by atoms with E-state index in [4.69, 9.17) is 0 Å². The van der Waals surface area contributed by atoms with Gasteiger partial charge in [0.1, 0.15) is 0 Å². The maximum absolute atomic E-state index is 12.2. The first-order chi connectivity index (χ1) is 8.88. The molecule has 0 radical (unpaired) electrons. The van der Waals surface area contributed by atoms with Crippen molar-refractivity contribution in [1.82, 2.24) is 10.0 Å². The minimum absolute atomic E-state index is 0.0338. The van der Waals surface area contributed by atoms with Gasteiger partial charge >= 0.3 is 0 Å². The molecule has 1 fully saturated rings. The van der Waals surface area contributed by atoms with Crippen LogP contribution in [0.4, 0.5) is 0 Å². The summed E-state index contributed by atoms with van der Waals surface area (Å²) in [5.74, 6) is -0.0338. The molecule has 7 heteroatoms. The number of sulfonamides is 1. The molecule has 1 aromatic rings. The molecule has 5 nitrogen and oxygen atoms in total. The number of halogens is 1. The molecule has 1 amide bonds. The molecule has 0 saturated carbocycles. The van der Waals surface area contributed by atoms with Crippen LogP contribution in [0.1, 0.15) is 18.4 Å². The second kappa shape index (κ2) is 5.60. The van der Waals surface area contributed by atoms with E-state index >= 15 is 0 Å². The third kappa shape index (κ3) is 3.55. The Morgan fingerprint density at radius 2 is 2.16 bits per heavy atom. The van der Waals surface area contributed by atoms with Crippen molar-refractivity contribution in [3.05, 3.63) is 28.2 Å². The van der Waals surface area contributed by atoms with Crippen molar-refractivity contribution in [2.75, 3.05) is 6.54 Å². The molecule has 2 N–H and O–H groups in total. The van der Waals surface area contributed by atoms with E-state index in [-0.39, 0.29) is 16.8 Å². The molecule has 0 aliphatic carbocycles. The van der Waals surface area contributed by atoms with E-state index in [2.05, 4.69) is 26.0 Å². The lowest BCUT2D eigenvalue weighted by Gasteiger charge is -2.23. The summed E-state index contributed by atoms with van der Waals surface area (Å²) in [6.07, 6.45) is 0.878. The first-order valence-corrected chi connectivity index (χ1v) is 8.21. The minimum atomic E-state index is -3.55. The Labute approximate surface area is 121 Å². The molecule has 0 bridgehead atoms. The van der Waals surface area contributed by atoms with Crippen LogP contribution in [0.25, 0.3) is 0 Å². The molecule has 2 rings (SSSR count). The Morgan fingerprint density at radius 1 is 1.42 bits per heavy atom. The second-order valence-corrected chi connectivity index (χ2v) is 7.14. The van der Waals surface area contributed by atoms with Crippen molar-refractivity contribution in [3.63, 3.8) is 0 Å². The van der Waals surface area contributed by atoms with E-state index in [1.54, 1.807) is 18.2 Å². The van der Waals surface area contributed by atoms with Crippen molar-refractivity contribution in [2.45, 2.75) is 30.7 Å². The first-order valence-electron chi connectivity index (χ1n) is 5.94. The van der Waals surface area contributed by atoms with Crippen molar-refractivity contribution in [3.8, 4) is 0 Å². The van der Waals surface area contributed by atoms with Gasteiger partial charge in [-0.15, -0.1) is 0 Å². The zero-order valence-electron chi connectivity index (χ0n) is 10.4. The van der Waals surface area contributed by atoms with Crippen LogP contribution in [-0.2, 0) is 14.8 Å². The quantitative estimate of drug-likeness (QED) is 0.866. The summed E-state index contributed by atoms with van der Waals surface area (Å²) in [7, 11) is -3.55. The number of benzene rings is 1. The molecule has 1 heterocycles. The maximum Gasteiger partial charge on any atom is 0.240 e. The number of hydrogen-bond acceptors (Lipinski definition) is 3. The maximum atomic E-state index is 12.2. The Bertz CT molecular complexity index is 591. The number of carbonyl (C=O) groups excluding carboxylic acids is 1. The Morgan fingerprint density at radius 3 is 2.74 bits per heavy atom. The number of nitrogens with one attached hydrogen (secondary N) is 2. The second-order valence-electron chi connectivity index (χ2n) is 4.57. The lowest BCUT2D eigenvalue weighted by molar-refractivity contribution is -0.122. The fourth-order valence-corrected chi connectivity index (χ4v) is 3.69. The Balaban J connectivity index is 2.13. The number of aryl methyl sites for hydroxylation is 1. The molecule has 1 saturated heterocycles. The predicted octanol–water partition coefficient (Wildman–Crippen LogP) is 1.31. The number of hydrogen-bond donors (Lipinski definition) is 2. The van der Waals surface area contributed by atoms with Gasteiger partial charge < -0.3 is 5.32 Å². The van der Waals surface area contributed by atoms with Crippen molar-refractivity contribution < 1.29 is 13.2 Å². The summed E-state index contributed by atoms with van der Waals surface area (Å²) in [5, 5.41) is 2.65. The molecule has 104 valence electrons. The Kier molecular flexibility index (Phi) is 4.27. The van der Waals surface area contributed by atoms with Crippen molar-refractivity contribution in [1.29, 1.82) is 0 Å². The molecule has 0 spiro atoms. The first kappa shape index (κ1) is 14.5. The van der Waals surface area contributed by atoms with Gasteiger partial charge in [-0.3, -0.25) is 4.79 Å². The normalized spacial score (nSPS) is 20.1. The molecule has 1 aliphatic rings. The highest BCUT2D eigenvalue weighted by Gasteiger charge is 2.24. The minimum Gasteiger partial charge on any atom is -0.355 e. The van der Waals surface area contributed by atoms with Gasteiger partial charge in [-0.1, -0.05) is 22.0 Å². The van der Waals surface area contributed by atoms with Crippen LogP contribution in [0, 0.1) is 6.92 Å². The topological polar surface area (TPSA) is 75.3 Å². The molecular formula is C12H15BrN2O3S. The summed E-state index contributed by atoms with van der Waals surface area (Å²) in [4.78, 5) is 11.3. The predicted molar refractivity (Wildman–Crippen MR) is 75.2 cm³/mol. The molecule has 1 unspecified atom stereocenters. The third-order valence-electron chi connectivity index (χ3n) is 3.04. The smallest absolute Gasteiger partial charge is 0.240 e. The number of carbonyl (C=O) groups is 1. The zero-order valence-corrected chi connectivity index (χ0v) is 12.8. The van der Waals surface area contributed by atoms with Gasteiger partial charge in [0, 0.05) is 23.5 Å². The molecule has 19 heavy (non-hydrogen) atoms. The van der Waals surface area contributed by atoms with Gasteiger partial charge in [-0.25, -0.2) is 13.1 Å². The summed E-state index contributed by atoms with van der Waals surface area (Å²) >= 11 is 3.32. The SMILES string of the molecule is Cc1ccc(S(=O)(=O)NC2CCC(=O)NC2)cc1Br. The summed E-state index contributed by atoms with van der Waals surface area (Å²) < 4.78 is 27.8. The van der Waals surface area contributed by atoms with Crippen LogP contribution >= 0.6 is 15.9 Å². The average Bonchev–Trinajstić information content (AvgIpc) is 2.35. The van der Waals surface area contributed by atoms with E-state index < -0.39 is 10.0 Å². The van der Waals surface area contributed by atoms with Crippen LogP contribution in [0.3, 0.4) is 0 Å². The summed E-state index contributed by atoms with van der Waals surface area (Å²) in [5.41, 5.74) is 0.976. The highest BCUT2D eigenvalue weighted by molar-refractivity contribution is 9.10. The van der Waals surface area contributed by atoms with Crippen LogP contribution in [0.2, 0.25) is 0 Å². The van der Waals surface area contributed by atoms with Crippen LogP contribution in [-0.4, -0.2) is 26.9 Å². The molecule has 1 atom stereocenters. The van der Waals surface area contributed by atoms with Crippen molar-refractivity contribution >= 4 is 31.9 Å². The fraction of sp³-hybridized carbons (Fsp3) is 0.417. The van der Waals surface area contributed by atoms with E-state index in [0.717, 1.165) is 10.0 Å². The number of rotatable bonds is 3. The van der Waals surface area contributed by atoms with Crippen LogP contribution in [0.5, 0.6) is 0 Å². The van der Waals surface area contributed by atoms with Gasteiger partial charge in [-0.2, -0.15) is 0 Å². The van der Waals surface area contributed by atoms with Crippen molar-refractivity contribution in [2.24, 2.45) is 0 Å². The standard InChI is InChI=1S/C12H15BrN2O3S/c1-8-2-4-10(6-11(8)13)19(17,18)15-9-3-5-12(16)14-7-9/h2,4,6,9,15H,3,5,7H2,1H3,(H,14,16). The van der Waals surface area contributed by atoms with Crippen LogP contribution < -0.4 is 10.0 Å². The summed E-state index contributed by atoms with van der Waals surface area (Å²) in [6, 6.07) is 4.66. The monoisotopic (exact) mass is 346 g/mol. The number of piperidine rings is 1. The van der Waals surface area contributed by atoms with E-state index in [1.807, 2.05) is 6.92 Å². The van der Waals surface area contributed by atoms with Gasteiger partial charge in [0.15, 0.2) is 0 Å². The van der Waals surface area contributed by atoms with Crippen LogP contribution in [0.15, 0.2) is 27.6 Å². The van der Waals surface area contributed by atoms with E-state index in [9.17, 15) is 13.2 Å². The molecule has 1 aromatic carbocycles. The third-order valence-corrected chi connectivity index (χ3v) is 5.41. The molecule has 1 aliphatic heterocycles. The molecule has 0 aromatic heterocycles. The lowest BCUT2D eigenvalue weighted by Crippen LogP contribution is -2.47. The average molecular weight is 347 g/mol. The van der Waals surface area contributed by atoms with E-state index in [1.165, 1.54) is 0 Å². The lowest BCUT2D eigenvalue weighted by atomic mass is 10.1. The van der Waals surface area contributed by atoms with Gasteiger partial charge in [0.25, 0.3) is 0 Å². The highest BCUT2D eigenvalue weighted by Crippen LogP contribution is 2.21.